The van der Waals surface area contributed by atoms with Crippen LogP contribution in [0.3, 0.4) is 0 Å². The fraction of sp³-hybridized carbons (Fsp3) is 0.647. The van der Waals surface area contributed by atoms with Gasteiger partial charge in [-0.15, -0.1) is 0 Å². The predicted molar refractivity (Wildman–Crippen MR) is 89.1 cm³/mol. The van der Waals surface area contributed by atoms with Gasteiger partial charge in [-0.2, -0.15) is 0 Å². The lowest BCUT2D eigenvalue weighted by atomic mass is 10.1. The number of hydrogen-bond acceptors (Lipinski definition) is 4. The Balaban J connectivity index is 1.74. The molecule has 2 atom stereocenters. The minimum Gasteiger partial charge on any atom is -0.497 e. The van der Waals surface area contributed by atoms with E-state index in [1.807, 2.05) is 31.2 Å². The van der Waals surface area contributed by atoms with Crippen molar-refractivity contribution < 1.29 is 17.9 Å². The number of nitrogens with one attached hydrogen (secondary N) is 1. The number of sulfonamides is 1. The zero-order valence-corrected chi connectivity index (χ0v) is 14.8. The highest BCUT2D eigenvalue weighted by atomic mass is 32.2. The van der Waals surface area contributed by atoms with E-state index in [1.54, 1.807) is 14.2 Å². The summed E-state index contributed by atoms with van der Waals surface area (Å²) in [7, 11) is -0.200. The van der Waals surface area contributed by atoms with E-state index in [4.69, 9.17) is 9.47 Å². The third-order valence-corrected chi connectivity index (χ3v) is 7.65. The van der Waals surface area contributed by atoms with Gasteiger partial charge in [0, 0.05) is 12.6 Å². The van der Waals surface area contributed by atoms with Crippen LogP contribution in [0.25, 0.3) is 0 Å². The molecule has 23 heavy (non-hydrogen) atoms. The maximum absolute atomic E-state index is 12.9. The zero-order valence-electron chi connectivity index (χ0n) is 14.0. The molecule has 2 fully saturated rings. The third kappa shape index (κ3) is 3.12. The predicted octanol–water partition coefficient (Wildman–Crippen LogP) is 2.11. The van der Waals surface area contributed by atoms with Crippen LogP contribution in [0.2, 0.25) is 0 Å². The van der Waals surface area contributed by atoms with Gasteiger partial charge in [0.2, 0.25) is 10.0 Å². The summed E-state index contributed by atoms with van der Waals surface area (Å²) in [5.41, 5.74) is 0.753. The number of benzene rings is 1. The first-order valence-corrected chi connectivity index (χ1v) is 9.50. The van der Waals surface area contributed by atoms with Crippen LogP contribution < -0.4 is 9.46 Å². The van der Waals surface area contributed by atoms with Gasteiger partial charge >= 0.3 is 0 Å². The summed E-state index contributed by atoms with van der Waals surface area (Å²) in [6, 6.07) is 7.82. The van der Waals surface area contributed by atoms with Gasteiger partial charge in [-0.25, -0.2) is 13.1 Å². The fourth-order valence-electron chi connectivity index (χ4n) is 3.38. The summed E-state index contributed by atoms with van der Waals surface area (Å²) in [6.07, 6.45) is 3.12. The van der Waals surface area contributed by atoms with Gasteiger partial charge in [0.05, 0.1) is 13.7 Å². The average Bonchev–Trinajstić information content (AvgIpc) is 3.39. The molecule has 0 bridgehead atoms. The molecule has 0 heterocycles. The first-order valence-electron chi connectivity index (χ1n) is 8.02. The Bertz CT molecular complexity index is 684. The Morgan fingerprint density at radius 2 is 2.00 bits per heavy atom. The zero-order chi connectivity index (χ0) is 16.7. The van der Waals surface area contributed by atoms with E-state index in [2.05, 4.69) is 4.72 Å². The van der Waals surface area contributed by atoms with Crippen molar-refractivity contribution in [2.24, 2.45) is 5.92 Å². The van der Waals surface area contributed by atoms with Crippen LogP contribution >= 0.6 is 0 Å². The van der Waals surface area contributed by atoms with Crippen molar-refractivity contribution in [1.29, 1.82) is 0 Å². The van der Waals surface area contributed by atoms with Gasteiger partial charge in [-0.1, -0.05) is 19.1 Å². The molecule has 0 aromatic heterocycles. The first-order chi connectivity index (χ1) is 10.9. The molecule has 1 aromatic carbocycles. The maximum Gasteiger partial charge on any atom is 0.220 e. The van der Waals surface area contributed by atoms with Gasteiger partial charge in [0.25, 0.3) is 0 Å². The second-order valence-corrected chi connectivity index (χ2v) is 9.04. The molecule has 6 heteroatoms. The molecule has 0 aliphatic heterocycles. The number of ether oxygens (including phenoxy) is 2. The molecule has 3 rings (SSSR count). The summed E-state index contributed by atoms with van der Waals surface area (Å²) in [6.45, 7) is 2.23. The quantitative estimate of drug-likeness (QED) is 0.788. The van der Waals surface area contributed by atoms with E-state index < -0.39 is 14.8 Å². The Labute approximate surface area is 138 Å². The third-order valence-electron chi connectivity index (χ3n) is 5.19. The van der Waals surface area contributed by atoms with Crippen LogP contribution in [0.5, 0.6) is 5.75 Å². The van der Waals surface area contributed by atoms with Crippen molar-refractivity contribution in [1.82, 2.24) is 4.72 Å². The molecule has 0 saturated heterocycles. The highest BCUT2D eigenvalue weighted by molar-refractivity contribution is 7.91. The number of methoxy groups -OCH3 is 2. The lowest BCUT2D eigenvalue weighted by Crippen LogP contribution is -2.47. The Hall–Kier alpha value is -1.11. The van der Waals surface area contributed by atoms with E-state index >= 15 is 0 Å². The van der Waals surface area contributed by atoms with Crippen molar-refractivity contribution in [3.05, 3.63) is 29.8 Å². The van der Waals surface area contributed by atoms with Crippen molar-refractivity contribution in [2.75, 3.05) is 20.8 Å². The highest BCUT2D eigenvalue weighted by Gasteiger charge is 2.63. The van der Waals surface area contributed by atoms with Crippen LogP contribution in [0.4, 0.5) is 0 Å². The largest absolute Gasteiger partial charge is 0.497 e. The summed E-state index contributed by atoms with van der Waals surface area (Å²) in [5.74, 6) is 0.945. The summed E-state index contributed by atoms with van der Waals surface area (Å²) in [4.78, 5) is 0. The van der Waals surface area contributed by atoms with Gasteiger partial charge in [0.15, 0.2) is 0 Å². The second-order valence-electron chi connectivity index (χ2n) is 7.02. The van der Waals surface area contributed by atoms with Gasteiger partial charge in [-0.05, 0) is 49.3 Å². The number of rotatable bonds is 8. The maximum atomic E-state index is 12.9. The summed E-state index contributed by atoms with van der Waals surface area (Å²) in [5, 5.41) is 0. The molecule has 5 nitrogen and oxygen atoms in total. The molecular weight excluding hydrogens is 314 g/mol. The van der Waals surface area contributed by atoms with Crippen LogP contribution in [0.1, 0.15) is 31.7 Å². The first kappa shape index (κ1) is 16.7. The minimum absolute atomic E-state index is 0.146. The molecule has 1 aromatic rings. The molecule has 2 saturated carbocycles. The van der Waals surface area contributed by atoms with Crippen molar-refractivity contribution >= 4 is 10.0 Å². The Kier molecular flexibility index (Phi) is 4.19. The molecular formula is C17H25NO4S. The molecule has 2 aliphatic carbocycles. The van der Waals surface area contributed by atoms with Crippen LogP contribution in [0.15, 0.2) is 24.3 Å². The van der Waals surface area contributed by atoms with E-state index in [-0.39, 0.29) is 18.1 Å². The van der Waals surface area contributed by atoms with E-state index in [0.717, 1.165) is 24.2 Å². The Morgan fingerprint density at radius 3 is 2.52 bits per heavy atom. The van der Waals surface area contributed by atoms with Crippen molar-refractivity contribution in [3.8, 4) is 5.75 Å². The average molecular weight is 339 g/mol. The summed E-state index contributed by atoms with van der Waals surface area (Å²) >= 11 is 0. The molecule has 2 aliphatic rings. The Morgan fingerprint density at radius 1 is 1.30 bits per heavy atom. The van der Waals surface area contributed by atoms with Crippen LogP contribution in [-0.2, 0) is 21.2 Å². The molecule has 0 radical (unpaired) electrons. The van der Waals surface area contributed by atoms with Crippen LogP contribution in [-0.4, -0.2) is 39.5 Å². The smallest absolute Gasteiger partial charge is 0.220 e. The highest BCUT2D eigenvalue weighted by Crippen LogP contribution is 2.51. The van der Waals surface area contributed by atoms with E-state index in [0.29, 0.717) is 12.8 Å². The molecule has 1 N–H and O–H groups in total. The van der Waals surface area contributed by atoms with E-state index in [1.165, 1.54) is 0 Å². The lowest BCUT2D eigenvalue weighted by molar-refractivity contribution is 0.187. The SMILES string of the molecule is COC[C@]1(S(=O)(=O)NC2(Cc3cccc(OC)c3)CC2)C[C@@H]1C. The van der Waals surface area contributed by atoms with Crippen LogP contribution in [0, 0.1) is 5.92 Å². The monoisotopic (exact) mass is 339 g/mol. The number of hydrogen-bond donors (Lipinski definition) is 1. The molecule has 0 amide bonds. The standard InChI is InChI=1S/C17H25NO4S/c1-13-10-17(13,12-21-2)23(19,20)18-16(7-8-16)11-14-5-4-6-15(9-14)22-3/h4-6,9,13,18H,7-8,10-12H2,1-3H3/t13-,17+/m0/s1. The molecule has 0 unspecified atom stereocenters. The topological polar surface area (TPSA) is 64.6 Å². The normalized spacial score (nSPS) is 28.4. The van der Waals surface area contributed by atoms with E-state index in [9.17, 15) is 8.42 Å². The van der Waals surface area contributed by atoms with Gasteiger partial charge in [0.1, 0.15) is 10.5 Å². The second kappa shape index (κ2) is 5.76. The minimum atomic E-state index is -3.40. The van der Waals surface area contributed by atoms with Crippen molar-refractivity contribution in [2.45, 2.75) is 42.9 Å². The molecule has 128 valence electrons. The fourth-order valence-corrected chi connectivity index (χ4v) is 5.70. The van der Waals surface area contributed by atoms with Gasteiger partial charge < -0.3 is 9.47 Å². The van der Waals surface area contributed by atoms with Crippen molar-refractivity contribution in [3.63, 3.8) is 0 Å². The van der Waals surface area contributed by atoms with Gasteiger partial charge in [-0.3, -0.25) is 0 Å². The summed E-state index contributed by atoms with van der Waals surface area (Å²) < 4.78 is 38.4. The lowest BCUT2D eigenvalue weighted by Gasteiger charge is -2.23. The molecule has 0 spiro atoms.